The molecule has 5 nitrogen and oxygen atoms in total. The first-order chi connectivity index (χ1) is 13.4. The van der Waals surface area contributed by atoms with Gasteiger partial charge in [-0.2, -0.15) is 0 Å². The first kappa shape index (κ1) is 18.6. The van der Waals surface area contributed by atoms with Gasteiger partial charge in [0.15, 0.2) is 0 Å². The van der Waals surface area contributed by atoms with Crippen molar-refractivity contribution in [2.45, 2.75) is 6.04 Å². The van der Waals surface area contributed by atoms with Crippen molar-refractivity contribution in [1.29, 1.82) is 0 Å². The van der Waals surface area contributed by atoms with Crippen LogP contribution in [0.15, 0.2) is 65.5 Å². The Morgan fingerprint density at radius 2 is 1.75 bits per heavy atom. The molecule has 0 saturated heterocycles. The van der Waals surface area contributed by atoms with Gasteiger partial charge >= 0.3 is 0 Å². The number of nitrogens with two attached hydrogens (primary N) is 1. The first-order valence-corrected chi connectivity index (χ1v) is 9.34. The van der Waals surface area contributed by atoms with E-state index in [2.05, 4.69) is 4.98 Å². The largest absolute Gasteiger partial charge is 0.319 e. The van der Waals surface area contributed by atoms with Crippen molar-refractivity contribution in [3.05, 3.63) is 92.5 Å². The molecule has 7 heteroatoms. The lowest BCUT2D eigenvalue weighted by molar-refractivity contribution is 0.831. The summed E-state index contributed by atoms with van der Waals surface area (Å²) >= 11 is 12.0. The molecule has 4 rings (SSSR count). The number of halogens is 2. The van der Waals surface area contributed by atoms with Gasteiger partial charge in [0, 0.05) is 23.7 Å². The molecule has 140 valence electrons. The summed E-state index contributed by atoms with van der Waals surface area (Å²) in [5.41, 5.74) is 10.4. The van der Waals surface area contributed by atoms with Gasteiger partial charge < -0.3 is 10.3 Å². The molecule has 0 aliphatic heterocycles. The van der Waals surface area contributed by atoms with Crippen molar-refractivity contribution in [3.8, 4) is 11.3 Å². The van der Waals surface area contributed by atoms with Gasteiger partial charge in [0.1, 0.15) is 5.15 Å². The average Bonchev–Trinajstić information content (AvgIpc) is 2.70. The summed E-state index contributed by atoms with van der Waals surface area (Å²) in [6.07, 6.45) is 0. The Bertz CT molecular complexity index is 1240. The van der Waals surface area contributed by atoms with Crippen molar-refractivity contribution < 1.29 is 0 Å². The molecule has 3 aromatic heterocycles. The third kappa shape index (κ3) is 3.40. The molecule has 0 aliphatic rings. The van der Waals surface area contributed by atoms with E-state index >= 15 is 0 Å². The molecule has 0 amide bonds. The molecule has 0 radical (unpaired) electrons. The summed E-state index contributed by atoms with van der Waals surface area (Å²) in [4.78, 5) is 21.5. The molecule has 0 aliphatic carbocycles. The molecule has 0 spiro atoms. The quantitative estimate of drug-likeness (QED) is 0.509. The fourth-order valence-corrected chi connectivity index (χ4v) is 3.40. The number of nitrogens with zero attached hydrogens (tertiary/aromatic N) is 3. The van der Waals surface area contributed by atoms with E-state index in [0.717, 1.165) is 5.56 Å². The van der Waals surface area contributed by atoms with Crippen LogP contribution in [0.25, 0.3) is 22.3 Å². The third-order valence-corrected chi connectivity index (χ3v) is 5.11. The second kappa shape index (κ2) is 7.36. The summed E-state index contributed by atoms with van der Waals surface area (Å²) < 4.78 is 1.55. The molecule has 0 saturated carbocycles. The van der Waals surface area contributed by atoms with Crippen molar-refractivity contribution >= 4 is 34.2 Å². The number of pyridine rings is 3. The number of benzene rings is 1. The Morgan fingerprint density at radius 1 is 1.00 bits per heavy atom. The molecule has 1 atom stereocenters. The number of rotatable bonds is 3. The Hall–Kier alpha value is -2.73. The second-order valence-corrected chi connectivity index (χ2v) is 7.26. The lowest BCUT2D eigenvalue weighted by Crippen LogP contribution is -2.18. The molecule has 1 unspecified atom stereocenters. The van der Waals surface area contributed by atoms with Crippen LogP contribution in [0.2, 0.25) is 10.2 Å². The van der Waals surface area contributed by atoms with Gasteiger partial charge in [-0.1, -0.05) is 41.4 Å². The maximum absolute atomic E-state index is 12.4. The zero-order valence-corrected chi connectivity index (χ0v) is 16.4. The number of hydrogen-bond donors (Lipinski definition) is 1. The highest BCUT2D eigenvalue weighted by molar-refractivity contribution is 6.30. The molecule has 0 bridgehead atoms. The van der Waals surface area contributed by atoms with E-state index in [-0.39, 0.29) is 5.56 Å². The van der Waals surface area contributed by atoms with Gasteiger partial charge in [0.05, 0.1) is 28.5 Å². The van der Waals surface area contributed by atoms with Crippen LogP contribution in [0.5, 0.6) is 0 Å². The Kier molecular flexibility index (Phi) is 4.89. The van der Waals surface area contributed by atoms with Crippen LogP contribution in [-0.4, -0.2) is 14.5 Å². The number of aromatic nitrogens is 3. The van der Waals surface area contributed by atoms with Crippen LogP contribution in [0.4, 0.5) is 0 Å². The van der Waals surface area contributed by atoms with Crippen LogP contribution in [0.3, 0.4) is 0 Å². The van der Waals surface area contributed by atoms with E-state index in [9.17, 15) is 4.79 Å². The summed E-state index contributed by atoms with van der Waals surface area (Å²) in [5, 5.41) is 0.993. The minimum absolute atomic E-state index is 0.152. The van der Waals surface area contributed by atoms with E-state index in [0.29, 0.717) is 38.2 Å². The van der Waals surface area contributed by atoms with Crippen LogP contribution < -0.4 is 11.3 Å². The zero-order chi connectivity index (χ0) is 19.8. The summed E-state index contributed by atoms with van der Waals surface area (Å²) in [5.74, 6) is 0. The van der Waals surface area contributed by atoms with Crippen LogP contribution in [-0.2, 0) is 7.05 Å². The monoisotopic (exact) mass is 410 g/mol. The SMILES string of the molecule is Cn1c(=O)cc(-c2cccc(Cl)n2)c2nc(C(N)c3ccc(Cl)cc3)ccc21. The Balaban J connectivity index is 1.92. The number of hydrogen-bond acceptors (Lipinski definition) is 4. The summed E-state index contributed by atoms with van der Waals surface area (Å²) in [6, 6.07) is 17.4. The van der Waals surface area contributed by atoms with Crippen molar-refractivity contribution in [2.24, 2.45) is 12.8 Å². The third-order valence-electron chi connectivity index (χ3n) is 4.65. The molecular formula is C21H16Cl2N4O. The smallest absolute Gasteiger partial charge is 0.251 e. The van der Waals surface area contributed by atoms with Crippen molar-refractivity contribution in [2.75, 3.05) is 0 Å². The van der Waals surface area contributed by atoms with E-state index in [1.807, 2.05) is 24.3 Å². The minimum Gasteiger partial charge on any atom is -0.319 e. The van der Waals surface area contributed by atoms with Crippen LogP contribution in [0.1, 0.15) is 17.3 Å². The molecule has 4 aromatic rings. The van der Waals surface area contributed by atoms with Gasteiger partial charge in [-0.05, 0) is 42.0 Å². The average molecular weight is 411 g/mol. The van der Waals surface area contributed by atoms with E-state index in [1.165, 1.54) is 6.07 Å². The highest BCUT2D eigenvalue weighted by atomic mass is 35.5. The Morgan fingerprint density at radius 3 is 2.46 bits per heavy atom. The topological polar surface area (TPSA) is 73.8 Å². The standard InChI is InChI=1S/C21H16Cl2N4O/c1-27-17-10-9-16(20(24)12-5-7-13(22)8-6-12)26-21(17)14(11-19(27)28)15-3-2-4-18(23)25-15/h2-11,20H,24H2,1H3. The zero-order valence-electron chi connectivity index (χ0n) is 14.9. The van der Waals surface area contributed by atoms with Crippen LogP contribution >= 0.6 is 23.2 Å². The number of aryl methyl sites for hydroxylation is 1. The maximum Gasteiger partial charge on any atom is 0.251 e. The lowest BCUT2D eigenvalue weighted by atomic mass is 10.0. The van der Waals surface area contributed by atoms with Crippen molar-refractivity contribution in [1.82, 2.24) is 14.5 Å². The summed E-state index contributed by atoms with van der Waals surface area (Å²) in [6.45, 7) is 0. The molecule has 28 heavy (non-hydrogen) atoms. The fourth-order valence-electron chi connectivity index (χ4n) is 3.11. The van der Waals surface area contributed by atoms with Crippen LogP contribution in [0, 0.1) is 0 Å². The van der Waals surface area contributed by atoms with E-state index in [1.54, 1.807) is 41.9 Å². The van der Waals surface area contributed by atoms with Gasteiger partial charge in [0.25, 0.3) is 5.56 Å². The van der Waals surface area contributed by atoms with Gasteiger partial charge in [0.2, 0.25) is 0 Å². The minimum atomic E-state index is -0.431. The van der Waals surface area contributed by atoms with Gasteiger partial charge in [-0.3, -0.25) is 4.79 Å². The second-order valence-electron chi connectivity index (χ2n) is 6.43. The van der Waals surface area contributed by atoms with E-state index < -0.39 is 6.04 Å². The van der Waals surface area contributed by atoms with Gasteiger partial charge in [-0.25, -0.2) is 9.97 Å². The molecular weight excluding hydrogens is 395 g/mol. The number of fused-ring (bicyclic) bond motifs is 1. The normalized spacial score (nSPS) is 12.3. The molecule has 1 aromatic carbocycles. The summed E-state index contributed by atoms with van der Waals surface area (Å²) in [7, 11) is 1.71. The highest BCUT2D eigenvalue weighted by Crippen LogP contribution is 2.28. The van der Waals surface area contributed by atoms with E-state index in [4.69, 9.17) is 33.9 Å². The Labute approximate surface area is 171 Å². The predicted molar refractivity (Wildman–Crippen MR) is 113 cm³/mol. The lowest BCUT2D eigenvalue weighted by Gasteiger charge is -2.15. The molecule has 0 fully saturated rings. The first-order valence-electron chi connectivity index (χ1n) is 8.59. The predicted octanol–water partition coefficient (Wildman–Crippen LogP) is 4.35. The molecule has 2 N–H and O–H groups in total. The highest BCUT2D eigenvalue weighted by Gasteiger charge is 2.16. The van der Waals surface area contributed by atoms with Crippen molar-refractivity contribution in [3.63, 3.8) is 0 Å². The molecule has 3 heterocycles. The van der Waals surface area contributed by atoms with Gasteiger partial charge in [-0.15, -0.1) is 0 Å². The maximum atomic E-state index is 12.4. The fraction of sp³-hybridized carbons (Fsp3) is 0.0952.